The molecule has 1 aromatic rings. The average molecular weight is 298 g/mol. The lowest BCUT2D eigenvalue weighted by Crippen LogP contribution is -2.25. The van der Waals surface area contributed by atoms with E-state index in [1.807, 2.05) is 0 Å². The van der Waals surface area contributed by atoms with E-state index in [0.29, 0.717) is 17.8 Å². The number of sulfonamides is 1. The summed E-state index contributed by atoms with van der Waals surface area (Å²) in [6, 6.07) is 4.86. The van der Waals surface area contributed by atoms with Gasteiger partial charge in [0.15, 0.2) is 0 Å². The van der Waals surface area contributed by atoms with Crippen LogP contribution in [0.15, 0.2) is 23.1 Å². The van der Waals surface area contributed by atoms with E-state index in [0.717, 1.165) is 19.3 Å². The van der Waals surface area contributed by atoms with Gasteiger partial charge < -0.3 is 5.32 Å². The molecule has 0 fully saturated rings. The molecule has 112 valence electrons. The summed E-state index contributed by atoms with van der Waals surface area (Å²) in [5, 5.41) is 2.59. The minimum Gasteiger partial charge on any atom is -0.326 e. The second kappa shape index (κ2) is 7.40. The van der Waals surface area contributed by atoms with Crippen LogP contribution in [0.25, 0.3) is 0 Å². The molecular formula is C14H22N2O3S. The zero-order chi connectivity index (χ0) is 15.2. The highest BCUT2D eigenvalue weighted by Gasteiger charge is 2.16. The van der Waals surface area contributed by atoms with Crippen LogP contribution < -0.4 is 10.0 Å². The fraction of sp³-hybridized carbons (Fsp3) is 0.500. The molecule has 0 unspecified atom stereocenters. The van der Waals surface area contributed by atoms with Gasteiger partial charge in [0.25, 0.3) is 0 Å². The molecule has 0 saturated carbocycles. The van der Waals surface area contributed by atoms with Gasteiger partial charge in [-0.15, -0.1) is 0 Å². The van der Waals surface area contributed by atoms with Gasteiger partial charge in [-0.1, -0.05) is 25.8 Å². The van der Waals surface area contributed by atoms with Crippen LogP contribution in [0.3, 0.4) is 0 Å². The van der Waals surface area contributed by atoms with Crippen molar-refractivity contribution >= 4 is 21.6 Å². The van der Waals surface area contributed by atoms with Gasteiger partial charge in [-0.2, -0.15) is 0 Å². The average Bonchev–Trinajstić information content (AvgIpc) is 2.36. The zero-order valence-electron chi connectivity index (χ0n) is 12.2. The van der Waals surface area contributed by atoms with Crippen molar-refractivity contribution in [3.63, 3.8) is 0 Å². The lowest BCUT2D eigenvalue weighted by Gasteiger charge is -2.11. The molecule has 1 amide bonds. The Hall–Kier alpha value is -1.40. The Labute approximate surface area is 120 Å². The summed E-state index contributed by atoms with van der Waals surface area (Å²) in [6.45, 7) is 5.62. The first-order valence-electron chi connectivity index (χ1n) is 6.74. The predicted octanol–water partition coefficient (Wildman–Crippen LogP) is 2.42. The van der Waals surface area contributed by atoms with Crippen molar-refractivity contribution in [1.82, 2.24) is 4.72 Å². The second-order valence-electron chi connectivity index (χ2n) is 4.77. The molecule has 0 radical (unpaired) electrons. The summed E-state index contributed by atoms with van der Waals surface area (Å²) < 4.78 is 27.1. The van der Waals surface area contributed by atoms with Crippen LogP contribution in [0.4, 0.5) is 5.69 Å². The molecule has 0 aliphatic carbocycles. The molecular weight excluding hydrogens is 276 g/mol. The van der Waals surface area contributed by atoms with Gasteiger partial charge in [0.1, 0.15) is 0 Å². The first-order chi connectivity index (χ1) is 9.36. The maximum absolute atomic E-state index is 12.2. The summed E-state index contributed by atoms with van der Waals surface area (Å²) >= 11 is 0. The first kappa shape index (κ1) is 16.7. The van der Waals surface area contributed by atoms with Gasteiger partial charge in [0.05, 0.1) is 4.90 Å². The molecule has 5 nitrogen and oxygen atoms in total. The van der Waals surface area contributed by atoms with Crippen LogP contribution in [0, 0.1) is 6.92 Å². The van der Waals surface area contributed by atoms with Crippen molar-refractivity contribution < 1.29 is 13.2 Å². The Bertz CT molecular complexity index is 568. The SMILES string of the molecule is CCCCCNS(=O)(=O)c1cc(NC(C)=O)ccc1C. The highest BCUT2D eigenvalue weighted by atomic mass is 32.2. The molecule has 0 aromatic heterocycles. The van der Waals surface area contributed by atoms with Crippen LogP contribution in [-0.4, -0.2) is 20.9 Å². The molecule has 0 spiro atoms. The lowest BCUT2D eigenvalue weighted by molar-refractivity contribution is -0.114. The second-order valence-corrected chi connectivity index (χ2v) is 6.50. The summed E-state index contributed by atoms with van der Waals surface area (Å²) in [5.74, 6) is -0.229. The smallest absolute Gasteiger partial charge is 0.240 e. The van der Waals surface area contributed by atoms with E-state index >= 15 is 0 Å². The van der Waals surface area contributed by atoms with Crippen molar-refractivity contribution in [2.24, 2.45) is 0 Å². The molecule has 1 rings (SSSR count). The van der Waals surface area contributed by atoms with Crippen molar-refractivity contribution in [3.05, 3.63) is 23.8 Å². The molecule has 1 aromatic carbocycles. The van der Waals surface area contributed by atoms with E-state index < -0.39 is 10.0 Å². The summed E-state index contributed by atoms with van der Waals surface area (Å²) in [5.41, 5.74) is 1.14. The highest BCUT2D eigenvalue weighted by molar-refractivity contribution is 7.89. The quantitative estimate of drug-likeness (QED) is 0.759. The first-order valence-corrected chi connectivity index (χ1v) is 8.23. The van der Waals surface area contributed by atoms with E-state index in [1.165, 1.54) is 13.0 Å². The van der Waals surface area contributed by atoms with Crippen molar-refractivity contribution in [2.75, 3.05) is 11.9 Å². The van der Waals surface area contributed by atoms with Crippen LogP contribution in [-0.2, 0) is 14.8 Å². The molecule has 0 heterocycles. The fourth-order valence-corrected chi connectivity index (χ4v) is 3.17. The third-order valence-corrected chi connectivity index (χ3v) is 4.47. The molecule has 2 N–H and O–H groups in total. The third-order valence-electron chi connectivity index (χ3n) is 2.87. The summed E-state index contributed by atoms with van der Waals surface area (Å²) in [4.78, 5) is 11.2. The van der Waals surface area contributed by atoms with Crippen molar-refractivity contribution in [3.8, 4) is 0 Å². The lowest BCUT2D eigenvalue weighted by atomic mass is 10.2. The van der Waals surface area contributed by atoms with Gasteiger partial charge in [-0.05, 0) is 31.0 Å². The molecule has 20 heavy (non-hydrogen) atoms. The number of unbranched alkanes of at least 4 members (excludes halogenated alkanes) is 2. The number of aryl methyl sites for hydroxylation is 1. The number of carbonyl (C=O) groups is 1. The van der Waals surface area contributed by atoms with E-state index in [2.05, 4.69) is 17.0 Å². The Kier molecular flexibility index (Phi) is 6.16. The predicted molar refractivity (Wildman–Crippen MR) is 80.2 cm³/mol. The van der Waals surface area contributed by atoms with Gasteiger partial charge >= 0.3 is 0 Å². The van der Waals surface area contributed by atoms with Crippen LogP contribution in [0.2, 0.25) is 0 Å². The number of hydrogen-bond donors (Lipinski definition) is 2. The standard InChI is InChI=1S/C14H22N2O3S/c1-4-5-6-9-15-20(18,19)14-10-13(16-12(3)17)8-7-11(14)2/h7-8,10,15H,4-6,9H2,1-3H3,(H,16,17). The molecule has 0 saturated heterocycles. The number of carbonyl (C=O) groups excluding carboxylic acids is 1. The normalized spacial score (nSPS) is 11.3. The molecule has 0 aliphatic heterocycles. The monoisotopic (exact) mass is 298 g/mol. The number of amides is 1. The van der Waals surface area contributed by atoms with Crippen molar-refractivity contribution in [2.45, 2.75) is 44.9 Å². The Morgan fingerprint density at radius 3 is 2.55 bits per heavy atom. The Balaban J connectivity index is 2.90. The van der Waals surface area contributed by atoms with Gasteiger partial charge in [0, 0.05) is 19.2 Å². The van der Waals surface area contributed by atoms with Crippen molar-refractivity contribution in [1.29, 1.82) is 0 Å². The Morgan fingerprint density at radius 1 is 1.25 bits per heavy atom. The molecule has 6 heteroatoms. The topological polar surface area (TPSA) is 75.3 Å². The number of anilines is 1. The Morgan fingerprint density at radius 2 is 1.95 bits per heavy atom. The number of hydrogen-bond acceptors (Lipinski definition) is 3. The van der Waals surface area contributed by atoms with Gasteiger partial charge in [-0.3, -0.25) is 4.79 Å². The fourth-order valence-electron chi connectivity index (χ4n) is 1.83. The maximum Gasteiger partial charge on any atom is 0.240 e. The number of benzene rings is 1. The van der Waals surface area contributed by atoms with E-state index in [4.69, 9.17) is 0 Å². The van der Waals surface area contributed by atoms with E-state index in [-0.39, 0.29) is 10.8 Å². The maximum atomic E-state index is 12.2. The zero-order valence-corrected chi connectivity index (χ0v) is 13.0. The van der Waals surface area contributed by atoms with Crippen LogP contribution >= 0.6 is 0 Å². The van der Waals surface area contributed by atoms with E-state index in [1.54, 1.807) is 19.1 Å². The van der Waals surface area contributed by atoms with Crippen LogP contribution in [0.1, 0.15) is 38.7 Å². The third kappa shape index (κ3) is 4.94. The minimum absolute atomic E-state index is 0.209. The number of nitrogens with one attached hydrogen (secondary N) is 2. The summed E-state index contributed by atoms with van der Waals surface area (Å²) in [7, 11) is -3.53. The van der Waals surface area contributed by atoms with E-state index in [9.17, 15) is 13.2 Å². The number of rotatable bonds is 7. The van der Waals surface area contributed by atoms with Crippen LogP contribution in [0.5, 0.6) is 0 Å². The molecule has 0 aliphatic rings. The largest absolute Gasteiger partial charge is 0.326 e. The molecule has 0 bridgehead atoms. The van der Waals surface area contributed by atoms with Gasteiger partial charge in [0.2, 0.25) is 15.9 Å². The summed E-state index contributed by atoms with van der Waals surface area (Å²) in [6.07, 6.45) is 2.85. The van der Waals surface area contributed by atoms with Gasteiger partial charge in [-0.25, -0.2) is 13.1 Å². The minimum atomic E-state index is -3.53. The molecule has 0 atom stereocenters. The highest BCUT2D eigenvalue weighted by Crippen LogP contribution is 2.20.